The van der Waals surface area contributed by atoms with Gasteiger partial charge in [0.1, 0.15) is 6.04 Å². The van der Waals surface area contributed by atoms with E-state index in [2.05, 4.69) is 15.5 Å². The number of nitrogens with zero attached hydrogens (tertiary/aromatic N) is 2. The van der Waals surface area contributed by atoms with Gasteiger partial charge in [-0.15, -0.1) is 0 Å². The van der Waals surface area contributed by atoms with Crippen LogP contribution in [0.1, 0.15) is 11.9 Å². The van der Waals surface area contributed by atoms with E-state index in [9.17, 15) is 0 Å². The number of aromatic nitrogens is 2. The Morgan fingerprint density at radius 2 is 2.16 bits per heavy atom. The quantitative estimate of drug-likeness (QED) is 0.924. The lowest BCUT2D eigenvalue weighted by Gasteiger charge is -2.20. The second-order valence-corrected chi connectivity index (χ2v) is 4.98. The van der Waals surface area contributed by atoms with Gasteiger partial charge >= 0.3 is 0 Å². The summed E-state index contributed by atoms with van der Waals surface area (Å²) in [5, 5.41) is 8.16. The first-order valence-electron chi connectivity index (χ1n) is 5.84. The summed E-state index contributed by atoms with van der Waals surface area (Å²) in [4.78, 5) is 4.35. The van der Waals surface area contributed by atoms with Crippen molar-refractivity contribution in [3.63, 3.8) is 0 Å². The molecule has 0 aliphatic carbocycles. The molecule has 2 aromatic rings. The first kappa shape index (κ1) is 12.9. The van der Waals surface area contributed by atoms with Gasteiger partial charge in [-0.25, -0.2) is 0 Å². The summed E-state index contributed by atoms with van der Waals surface area (Å²) < 4.78 is 10.6. The van der Waals surface area contributed by atoms with E-state index in [1.807, 2.05) is 0 Å². The molecule has 7 heteroatoms. The summed E-state index contributed by atoms with van der Waals surface area (Å²) in [6.07, 6.45) is 0. The molecule has 5 nitrogen and oxygen atoms in total. The van der Waals surface area contributed by atoms with Crippen molar-refractivity contribution in [2.75, 3.05) is 19.8 Å². The molecule has 0 saturated carbocycles. The minimum Gasteiger partial charge on any atom is -0.378 e. The molecule has 1 aliphatic rings. The number of hydrogen-bond acceptors (Lipinski definition) is 5. The van der Waals surface area contributed by atoms with Gasteiger partial charge in [-0.05, 0) is 18.2 Å². The van der Waals surface area contributed by atoms with E-state index in [4.69, 9.17) is 32.5 Å². The number of halogens is 2. The van der Waals surface area contributed by atoms with Crippen LogP contribution in [-0.4, -0.2) is 29.9 Å². The van der Waals surface area contributed by atoms with Crippen LogP contribution in [0.2, 0.25) is 10.0 Å². The summed E-state index contributed by atoms with van der Waals surface area (Å²) in [7, 11) is 0. The minimum atomic E-state index is -0.0576. The third kappa shape index (κ3) is 2.74. The first-order chi connectivity index (χ1) is 9.24. The maximum atomic E-state index is 5.97. The Morgan fingerprint density at radius 3 is 2.89 bits per heavy atom. The molecular formula is C12H11Cl2N3O2. The van der Waals surface area contributed by atoms with Crippen molar-refractivity contribution in [3.05, 3.63) is 34.1 Å². The summed E-state index contributed by atoms with van der Waals surface area (Å²) in [5.74, 6) is 1.00. The van der Waals surface area contributed by atoms with Crippen LogP contribution in [0.3, 0.4) is 0 Å². The van der Waals surface area contributed by atoms with Crippen LogP contribution in [0, 0.1) is 0 Å². The van der Waals surface area contributed by atoms with E-state index < -0.39 is 0 Å². The zero-order valence-electron chi connectivity index (χ0n) is 9.90. The molecule has 19 heavy (non-hydrogen) atoms. The SMILES string of the molecule is Clc1ccc(-c2noc(C3COCCN3)n2)cc1Cl. The number of morpholine rings is 1. The highest BCUT2D eigenvalue weighted by molar-refractivity contribution is 6.42. The molecule has 3 rings (SSSR count). The van der Waals surface area contributed by atoms with Crippen LogP contribution in [0.4, 0.5) is 0 Å². The maximum Gasteiger partial charge on any atom is 0.246 e. The Labute approximate surface area is 119 Å². The van der Waals surface area contributed by atoms with E-state index in [0.717, 1.165) is 12.1 Å². The smallest absolute Gasteiger partial charge is 0.246 e. The average Bonchev–Trinajstić information content (AvgIpc) is 2.93. The molecule has 0 amide bonds. The highest BCUT2D eigenvalue weighted by Crippen LogP contribution is 2.27. The molecule has 100 valence electrons. The van der Waals surface area contributed by atoms with E-state index in [1.165, 1.54) is 0 Å². The molecule has 0 spiro atoms. The number of ether oxygens (including phenoxy) is 1. The maximum absolute atomic E-state index is 5.97. The lowest BCUT2D eigenvalue weighted by molar-refractivity contribution is 0.0659. The van der Waals surface area contributed by atoms with Gasteiger partial charge in [-0.3, -0.25) is 0 Å². The molecule has 1 unspecified atom stereocenters. The normalized spacial score (nSPS) is 19.6. The van der Waals surface area contributed by atoms with Gasteiger partial charge in [0.15, 0.2) is 0 Å². The van der Waals surface area contributed by atoms with Crippen molar-refractivity contribution in [1.82, 2.24) is 15.5 Å². The van der Waals surface area contributed by atoms with E-state index in [0.29, 0.717) is 35.0 Å². The van der Waals surface area contributed by atoms with Gasteiger partial charge in [0.2, 0.25) is 11.7 Å². The fourth-order valence-electron chi connectivity index (χ4n) is 1.85. The molecule has 1 aromatic carbocycles. The lowest BCUT2D eigenvalue weighted by atomic mass is 10.2. The van der Waals surface area contributed by atoms with Gasteiger partial charge < -0.3 is 14.6 Å². The molecule has 1 fully saturated rings. The topological polar surface area (TPSA) is 60.2 Å². The van der Waals surface area contributed by atoms with Crippen LogP contribution in [-0.2, 0) is 4.74 Å². The fourth-order valence-corrected chi connectivity index (χ4v) is 2.15. The second kappa shape index (κ2) is 5.46. The zero-order valence-corrected chi connectivity index (χ0v) is 11.4. The predicted molar refractivity (Wildman–Crippen MR) is 71.3 cm³/mol. The number of rotatable bonds is 2. The molecule has 1 aromatic heterocycles. The van der Waals surface area contributed by atoms with Crippen molar-refractivity contribution in [2.24, 2.45) is 0 Å². The third-order valence-corrected chi connectivity index (χ3v) is 3.58. The van der Waals surface area contributed by atoms with Crippen LogP contribution in [0.5, 0.6) is 0 Å². The van der Waals surface area contributed by atoms with Crippen LogP contribution < -0.4 is 5.32 Å². The molecule has 2 heterocycles. The summed E-state index contributed by atoms with van der Waals surface area (Å²) >= 11 is 11.8. The number of benzene rings is 1. The van der Waals surface area contributed by atoms with Crippen molar-refractivity contribution in [3.8, 4) is 11.4 Å². The molecule has 0 bridgehead atoms. The zero-order chi connectivity index (χ0) is 13.2. The lowest BCUT2D eigenvalue weighted by Crippen LogP contribution is -2.34. The van der Waals surface area contributed by atoms with Crippen molar-refractivity contribution >= 4 is 23.2 Å². The number of hydrogen-bond donors (Lipinski definition) is 1. The van der Waals surface area contributed by atoms with E-state index >= 15 is 0 Å². The first-order valence-corrected chi connectivity index (χ1v) is 6.60. The summed E-state index contributed by atoms with van der Waals surface area (Å²) in [6, 6.07) is 5.16. The largest absolute Gasteiger partial charge is 0.378 e. The summed E-state index contributed by atoms with van der Waals surface area (Å²) in [6.45, 7) is 2.00. The average molecular weight is 300 g/mol. The Bertz CT molecular complexity index is 582. The van der Waals surface area contributed by atoms with Crippen LogP contribution in [0.25, 0.3) is 11.4 Å². The Morgan fingerprint density at radius 1 is 1.26 bits per heavy atom. The highest BCUT2D eigenvalue weighted by atomic mass is 35.5. The molecular weight excluding hydrogens is 289 g/mol. The third-order valence-electron chi connectivity index (χ3n) is 2.84. The summed E-state index contributed by atoms with van der Waals surface area (Å²) in [5.41, 5.74) is 0.765. The Hall–Kier alpha value is -1.14. The van der Waals surface area contributed by atoms with E-state index in [1.54, 1.807) is 18.2 Å². The van der Waals surface area contributed by atoms with Crippen molar-refractivity contribution in [1.29, 1.82) is 0 Å². The highest BCUT2D eigenvalue weighted by Gasteiger charge is 2.22. The fraction of sp³-hybridized carbons (Fsp3) is 0.333. The van der Waals surface area contributed by atoms with E-state index in [-0.39, 0.29) is 6.04 Å². The Kier molecular flexibility index (Phi) is 3.70. The number of nitrogens with one attached hydrogen (secondary N) is 1. The van der Waals surface area contributed by atoms with Crippen molar-refractivity contribution < 1.29 is 9.26 Å². The van der Waals surface area contributed by atoms with Gasteiger partial charge in [0.25, 0.3) is 0 Å². The molecule has 1 atom stereocenters. The molecule has 1 saturated heterocycles. The standard InChI is InChI=1S/C12H11Cl2N3O2/c13-8-2-1-7(5-9(8)14)11-16-12(19-17-11)10-6-18-4-3-15-10/h1-2,5,10,15H,3-4,6H2. The minimum absolute atomic E-state index is 0.0576. The Balaban J connectivity index is 1.85. The van der Waals surface area contributed by atoms with Crippen LogP contribution in [0.15, 0.2) is 22.7 Å². The second-order valence-electron chi connectivity index (χ2n) is 4.17. The van der Waals surface area contributed by atoms with Gasteiger partial charge in [-0.1, -0.05) is 28.4 Å². The van der Waals surface area contributed by atoms with Crippen molar-refractivity contribution in [2.45, 2.75) is 6.04 Å². The van der Waals surface area contributed by atoms with Gasteiger partial charge in [-0.2, -0.15) is 4.98 Å². The molecule has 1 aliphatic heterocycles. The molecule has 1 N–H and O–H groups in total. The van der Waals surface area contributed by atoms with Gasteiger partial charge in [0, 0.05) is 12.1 Å². The monoisotopic (exact) mass is 299 g/mol. The predicted octanol–water partition coefficient (Wildman–Crippen LogP) is 2.70. The molecule has 0 radical (unpaired) electrons. The van der Waals surface area contributed by atoms with Crippen LogP contribution >= 0.6 is 23.2 Å². The van der Waals surface area contributed by atoms with Gasteiger partial charge in [0.05, 0.1) is 23.3 Å².